The minimum absolute atomic E-state index is 0.107. The molecule has 1 amide bonds. The summed E-state index contributed by atoms with van der Waals surface area (Å²) in [6.45, 7) is 0. The molecule has 3 aromatic rings. The van der Waals surface area contributed by atoms with Gasteiger partial charge in [-0.3, -0.25) is 4.79 Å². The van der Waals surface area contributed by atoms with Gasteiger partial charge in [0, 0.05) is 16.6 Å². The average molecular weight is 361 g/mol. The molecule has 22 heavy (non-hydrogen) atoms. The number of para-hydroxylation sites is 2. The summed E-state index contributed by atoms with van der Waals surface area (Å²) >= 11 is 3.15. The van der Waals surface area contributed by atoms with Crippen LogP contribution in [0.5, 0.6) is 0 Å². The predicted molar refractivity (Wildman–Crippen MR) is 85.8 cm³/mol. The van der Waals surface area contributed by atoms with Gasteiger partial charge in [0.25, 0.3) is 0 Å². The van der Waals surface area contributed by atoms with E-state index in [1.807, 2.05) is 18.2 Å². The topological polar surface area (TPSA) is 55.1 Å². The summed E-state index contributed by atoms with van der Waals surface area (Å²) in [4.78, 5) is 16.0. The van der Waals surface area contributed by atoms with Crippen LogP contribution in [0.3, 0.4) is 0 Å². The number of nitrogens with zero attached hydrogens (tertiary/aromatic N) is 1. The summed E-state index contributed by atoms with van der Waals surface area (Å²) in [6, 6.07) is 11.7. The third-order valence-corrected chi connectivity index (χ3v) is 3.37. The summed E-state index contributed by atoms with van der Waals surface area (Å²) in [5.41, 5.74) is 1.46. The zero-order valence-electron chi connectivity index (χ0n) is 11.2. The fourth-order valence-corrected chi connectivity index (χ4v) is 2.21. The second-order valence-corrected chi connectivity index (χ2v) is 5.38. The first kappa shape index (κ1) is 14.5. The summed E-state index contributed by atoms with van der Waals surface area (Å²) in [5, 5.41) is 2.45. The van der Waals surface area contributed by atoms with Crippen LogP contribution in [-0.2, 0) is 4.79 Å². The van der Waals surface area contributed by atoms with Gasteiger partial charge in [-0.15, -0.1) is 0 Å². The number of nitrogens with one attached hydrogen (secondary N) is 1. The number of benzene rings is 2. The van der Waals surface area contributed by atoms with Crippen LogP contribution in [0.1, 0.15) is 5.89 Å². The normalized spacial score (nSPS) is 11.2. The standard InChI is InChI=1S/C16H10BrFN2O2/c17-10-5-6-12(11(18)9-10)19-15(21)7-8-16-20-13-3-1-2-4-14(13)22-16/h1-9H,(H,19,21)/b8-7+. The molecule has 1 aromatic heterocycles. The van der Waals surface area contributed by atoms with Crippen LogP contribution >= 0.6 is 15.9 Å². The molecule has 0 spiro atoms. The molecule has 0 saturated carbocycles. The number of aromatic nitrogens is 1. The van der Waals surface area contributed by atoms with Crippen LogP contribution in [0, 0.1) is 5.82 Å². The molecule has 0 aliphatic rings. The number of rotatable bonds is 3. The molecule has 1 heterocycles. The lowest BCUT2D eigenvalue weighted by molar-refractivity contribution is -0.111. The van der Waals surface area contributed by atoms with Crippen molar-refractivity contribution >= 4 is 44.7 Å². The van der Waals surface area contributed by atoms with Crippen molar-refractivity contribution in [3.63, 3.8) is 0 Å². The van der Waals surface area contributed by atoms with E-state index < -0.39 is 11.7 Å². The lowest BCUT2D eigenvalue weighted by atomic mass is 10.3. The first-order valence-electron chi connectivity index (χ1n) is 6.41. The second-order valence-electron chi connectivity index (χ2n) is 4.47. The van der Waals surface area contributed by atoms with Gasteiger partial charge in [0.05, 0.1) is 5.69 Å². The summed E-state index contributed by atoms with van der Waals surface area (Å²) in [5.74, 6) is -0.672. The highest BCUT2D eigenvalue weighted by Crippen LogP contribution is 2.19. The van der Waals surface area contributed by atoms with E-state index in [2.05, 4.69) is 26.2 Å². The highest BCUT2D eigenvalue weighted by atomic mass is 79.9. The Bertz CT molecular complexity index is 840. The maximum absolute atomic E-state index is 13.6. The van der Waals surface area contributed by atoms with E-state index in [4.69, 9.17) is 4.42 Å². The SMILES string of the molecule is O=C(/C=C/c1nc2ccccc2o1)Nc1ccc(Br)cc1F. The van der Waals surface area contributed by atoms with Crippen molar-refractivity contribution in [3.05, 3.63) is 64.7 Å². The fourth-order valence-electron chi connectivity index (χ4n) is 1.87. The van der Waals surface area contributed by atoms with Crippen LogP contribution in [0.15, 0.2) is 57.4 Å². The predicted octanol–water partition coefficient (Wildman–Crippen LogP) is 4.38. The van der Waals surface area contributed by atoms with Gasteiger partial charge in [-0.25, -0.2) is 9.37 Å². The highest BCUT2D eigenvalue weighted by Gasteiger charge is 2.06. The smallest absolute Gasteiger partial charge is 0.248 e. The third kappa shape index (κ3) is 3.23. The van der Waals surface area contributed by atoms with Crippen LogP contribution in [0.2, 0.25) is 0 Å². The number of carbonyl (C=O) groups excluding carboxylic acids is 1. The van der Waals surface area contributed by atoms with Crippen molar-refractivity contribution in [2.75, 3.05) is 5.32 Å². The number of hydrogen-bond donors (Lipinski definition) is 1. The Kier molecular flexibility index (Phi) is 4.02. The number of fused-ring (bicyclic) bond motifs is 1. The minimum Gasteiger partial charge on any atom is -0.437 e. The van der Waals surface area contributed by atoms with Crippen molar-refractivity contribution in [2.24, 2.45) is 0 Å². The van der Waals surface area contributed by atoms with E-state index in [0.29, 0.717) is 21.5 Å². The van der Waals surface area contributed by atoms with E-state index in [-0.39, 0.29) is 5.69 Å². The van der Waals surface area contributed by atoms with Gasteiger partial charge in [0.15, 0.2) is 5.58 Å². The molecule has 0 fully saturated rings. The van der Waals surface area contributed by atoms with Crippen LogP contribution in [-0.4, -0.2) is 10.9 Å². The molecular weight excluding hydrogens is 351 g/mol. The number of oxazole rings is 1. The van der Waals surface area contributed by atoms with E-state index >= 15 is 0 Å². The summed E-state index contributed by atoms with van der Waals surface area (Å²) < 4.78 is 19.7. The lowest BCUT2D eigenvalue weighted by Crippen LogP contribution is -2.09. The first-order valence-corrected chi connectivity index (χ1v) is 7.21. The molecule has 0 bridgehead atoms. The maximum Gasteiger partial charge on any atom is 0.248 e. The monoisotopic (exact) mass is 360 g/mol. The van der Waals surface area contributed by atoms with Crippen molar-refractivity contribution in [1.82, 2.24) is 4.98 Å². The van der Waals surface area contributed by atoms with Gasteiger partial charge in [0.2, 0.25) is 11.8 Å². The van der Waals surface area contributed by atoms with E-state index in [1.54, 1.807) is 12.1 Å². The minimum atomic E-state index is -0.516. The number of hydrogen-bond acceptors (Lipinski definition) is 3. The number of anilines is 1. The summed E-state index contributed by atoms with van der Waals surface area (Å²) in [6.07, 6.45) is 2.68. The first-order chi connectivity index (χ1) is 10.6. The molecule has 110 valence electrons. The van der Waals surface area contributed by atoms with Crippen LogP contribution < -0.4 is 5.32 Å². The molecule has 4 nitrogen and oxygen atoms in total. The van der Waals surface area contributed by atoms with E-state index in [1.165, 1.54) is 24.3 Å². The lowest BCUT2D eigenvalue weighted by Gasteiger charge is -2.03. The Labute approximate surface area is 133 Å². The third-order valence-electron chi connectivity index (χ3n) is 2.88. The van der Waals surface area contributed by atoms with E-state index in [9.17, 15) is 9.18 Å². The molecule has 3 rings (SSSR count). The zero-order valence-corrected chi connectivity index (χ0v) is 12.8. The van der Waals surface area contributed by atoms with Gasteiger partial charge in [-0.05, 0) is 30.3 Å². The second kappa shape index (κ2) is 6.11. The quantitative estimate of drug-likeness (QED) is 0.705. The molecule has 0 radical (unpaired) electrons. The van der Waals surface area contributed by atoms with Crippen molar-refractivity contribution in [1.29, 1.82) is 0 Å². The Morgan fingerprint density at radius 1 is 1.27 bits per heavy atom. The highest BCUT2D eigenvalue weighted by molar-refractivity contribution is 9.10. The molecule has 0 aliphatic carbocycles. The van der Waals surface area contributed by atoms with Crippen molar-refractivity contribution < 1.29 is 13.6 Å². The molecule has 0 atom stereocenters. The van der Waals surface area contributed by atoms with Gasteiger partial charge in [-0.2, -0.15) is 0 Å². The molecule has 6 heteroatoms. The Morgan fingerprint density at radius 3 is 2.86 bits per heavy atom. The van der Waals surface area contributed by atoms with Crippen molar-refractivity contribution in [3.8, 4) is 0 Å². The zero-order chi connectivity index (χ0) is 15.5. The van der Waals surface area contributed by atoms with Crippen LogP contribution in [0.4, 0.5) is 10.1 Å². The molecule has 0 unspecified atom stereocenters. The molecule has 1 N–H and O–H groups in total. The summed E-state index contributed by atoms with van der Waals surface area (Å²) in [7, 11) is 0. The van der Waals surface area contributed by atoms with E-state index in [0.717, 1.165) is 0 Å². The molecular formula is C16H10BrFN2O2. The largest absolute Gasteiger partial charge is 0.437 e. The van der Waals surface area contributed by atoms with Gasteiger partial charge in [-0.1, -0.05) is 28.1 Å². The number of amides is 1. The van der Waals surface area contributed by atoms with Gasteiger partial charge >= 0.3 is 0 Å². The average Bonchev–Trinajstić information content (AvgIpc) is 2.91. The number of carbonyl (C=O) groups is 1. The van der Waals surface area contributed by atoms with Gasteiger partial charge in [0.1, 0.15) is 11.3 Å². The van der Waals surface area contributed by atoms with Crippen LogP contribution in [0.25, 0.3) is 17.2 Å². The Hall–Kier alpha value is -2.47. The van der Waals surface area contributed by atoms with Gasteiger partial charge < -0.3 is 9.73 Å². The molecule has 0 aliphatic heterocycles. The molecule has 0 saturated heterocycles. The number of halogens is 2. The Morgan fingerprint density at radius 2 is 2.09 bits per heavy atom. The Balaban J connectivity index is 1.73. The fraction of sp³-hybridized carbons (Fsp3) is 0. The molecule has 2 aromatic carbocycles. The maximum atomic E-state index is 13.6. The van der Waals surface area contributed by atoms with Crippen molar-refractivity contribution in [2.45, 2.75) is 0 Å².